The lowest BCUT2D eigenvalue weighted by molar-refractivity contribution is -0.116. The highest BCUT2D eigenvalue weighted by molar-refractivity contribution is 8.00. The summed E-state index contributed by atoms with van der Waals surface area (Å²) in [5, 5.41) is 2.81. The van der Waals surface area contributed by atoms with E-state index >= 15 is 0 Å². The zero-order valence-corrected chi connectivity index (χ0v) is 14.7. The van der Waals surface area contributed by atoms with Crippen molar-refractivity contribution in [1.82, 2.24) is 0 Å². The number of amides is 1. The third kappa shape index (κ3) is 5.42. The van der Waals surface area contributed by atoms with Gasteiger partial charge in [-0.05, 0) is 55.0 Å². The van der Waals surface area contributed by atoms with Crippen molar-refractivity contribution in [1.29, 1.82) is 0 Å². The van der Waals surface area contributed by atoms with Crippen LogP contribution in [0.15, 0.2) is 53.4 Å². The van der Waals surface area contributed by atoms with Crippen molar-refractivity contribution in [2.45, 2.75) is 24.7 Å². The Balaban J connectivity index is 1.88. The number of ether oxygens (including phenoxy) is 1. The number of carbonyl (C=O) groups is 2. The molecule has 0 radical (unpaired) electrons. The summed E-state index contributed by atoms with van der Waals surface area (Å²) in [5.74, 6) is 1.22. The molecule has 0 fully saturated rings. The van der Waals surface area contributed by atoms with E-state index in [1.165, 1.54) is 11.8 Å². The summed E-state index contributed by atoms with van der Waals surface area (Å²) in [6.07, 6.45) is 1.31. The summed E-state index contributed by atoms with van der Waals surface area (Å²) in [6, 6.07) is 14.6. The summed E-state index contributed by atoms with van der Waals surface area (Å²) >= 11 is 1.49. The van der Waals surface area contributed by atoms with Crippen LogP contribution < -0.4 is 10.1 Å². The Morgan fingerprint density at radius 1 is 1.04 bits per heavy atom. The van der Waals surface area contributed by atoms with Gasteiger partial charge in [-0.25, -0.2) is 0 Å². The Bertz CT molecular complexity index is 681. The van der Waals surface area contributed by atoms with Crippen LogP contribution in [-0.2, 0) is 4.79 Å². The molecule has 2 rings (SSSR count). The van der Waals surface area contributed by atoms with E-state index in [4.69, 9.17) is 4.74 Å². The smallest absolute Gasteiger partial charge is 0.224 e. The third-order valence-electron chi connectivity index (χ3n) is 3.40. The molecule has 2 aromatic carbocycles. The summed E-state index contributed by atoms with van der Waals surface area (Å²) in [6.45, 7) is 1.96. The van der Waals surface area contributed by atoms with E-state index in [0.717, 1.165) is 17.1 Å². The van der Waals surface area contributed by atoms with Gasteiger partial charge >= 0.3 is 0 Å². The minimum absolute atomic E-state index is 0.00774. The van der Waals surface area contributed by atoms with Crippen molar-refractivity contribution in [2.24, 2.45) is 0 Å². The van der Waals surface area contributed by atoms with Crippen LogP contribution >= 0.6 is 11.8 Å². The SMILES string of the molecule is CCCC(=O)Nc1ccc(C(=O)CSc2ccc(OC)cc2)cc1. The van der Waals surface area contributed by atoms with Gasteiger partial charge < -0.3 is 10.1 Å². The highest BCUT2D eigenvalue weighted by atomic mass is 32.2. The van der Waals surface area contributed by atoms with E-state index in [0.29, 0.717) is 23.4 Å². The Labute approximate surface area is 146 Å². The maximum atomic E-state index is 12.2. The fraction of sp³-hybridized carbons (Fsp3) is 0.263. The number of methoxy groups -OCH3 is 1. The lowest BCUT2D eigenvalue weighted by atomic mass is 10.1. The van der Waals surface area contributed by atoms with E-state index in [9.17, 15) is 9.59 Å². The van der Waals surface area contributed by atoms with E-state index in [-0.39, 0.29) is 11.7 Å². The standard InChI is InChI=1S/C19H21NO3S/c1-3-4-19(22)20-15-7-5-14(6-8-15)18(21)13-24-17-11-9-16(23-2)10-12-17/h5-12H,3-4,13H2,1-2H3,(H,20,22). The molecular weight excluding hydrogens is 322 g/mol. The monoisotopic (exact) mass is 343 g/mol. The molecule has 0 bridgehead atoms. The zero-order valence-electron chi connectivity index (χ0n) is 13.9. The number of thioether (sulfide) groups is 1. The van der Waals surface area contributed by atoms with Crippen LogP contribution in [0.2, 0.25) is 0 Å². The molecule has 0 aliphatic heterocycles. The summed E-state index contributed by atoms with van der Waals surface area (Å²) in [5.41, 5.74) is 1.36. The molecule has 0 saturated heterocycles. The number of carbonyl (C=O) groups excluding carboxylic acids is 2. The van der Waals surface area contributed by atoms with Crippen molar-refractivity contribution >= 4 is 29.1 Å². The number of benzene rings is 2. The van der Waals surface area contributed by atoms with Gasteiger partial charge in [-0.15, -0.1) is 11.8 Å². The lowest BCUT2D eigenvalue weighted by Gasteiger charge is -2.06. The first-order valence-corrected chi connectivity index (χ1v) is 8.81. The molecular formula is C19H21NO3S. The molecule has 24 heavy (non-hydrogen) atoms. The summed E-state index contributed by atoms with van der Waals surface area (Å²) < 4.78 is 5.11. The summed E-state index contributed by atoms with van der Waals surface area (Å²) in [7, 11) is 1.63. The van der Waals surface area contributed by atoms with E-state index in [1.807, 2.05) is 31.2 Å². The maximum Gasteiger partial charge on any atom is 0.224 e. The summed E-state index contributed by atoms with van der Waals surface area (Å²) in [4.78, 5) is 24.8. The molecule has 0 unspecified atom stereocenters. The Morgan fingerprint density at radius 3 is 2.29 bits per heavy atom. The van der Waals surface area contributed by atoms with Crippen molar-refractivity contribution in [3.8, 4) is 5.75 Å². The molecule has 1 N–H and O–H groups in total. The predicted octanol–water partition coefficient (Wildman–Crippen LogP) is 4.41. The first-order valence-electron chi connectivity index (χ1n) is 7.82. The quantitative estimate of drug-likeness (QED) is 0.570. The first kappa shape index (κ1) is 18.1. The molecule has 0 heterocycles. The van der Waals surface area contributed by atoms with Crippen LogP contribution in [0.3, 0.4) is 0 Å². The highest BCUT2D eigenvalue weighted by Gasteiger charge is 2.08. The number of hydrogen-bond acceptors (Lipinski definition) is 4. The molecule has 126 valence electrons. The van der Waals surface area contributed by atoms with Crippen molar-refractivity contribution in [3.63, 3.8) is 0 Å². The fourth-order valence-corrected chi connectivity index (χ4v) is 2.89. The molecule has 0 aromatic heterocycles. The predicted molar refractivity (Wildman–Crippen MR) is 98.0 cm³/mol. The largest absolute Gasteiger partial charge is 0.497 e. The van der Waals surface area contributed by atoms with Gasteiger partial charge in [0.05, 0.1) is 12.9 Å². The zero-order chi connectivity index (χ0) is 17.4. The number of rotatable bonds is 8. The van der Waals surface area contributed by atoms with Gasteiger partial charge in [0.15, 0.2) is 5.78 Å². The maximum absolute atomic E-state index is 12.2. The van der Waals surface area contributed by atoms with Crippen LogP contribution in [0.1, 0.15) is 30.1 Å². The molecule has 2 aromatic rings. The second kappa shape index (κ2) is 9.13. The minimum atomic E-state index is -0.00774. The van der Waals surface area contributed by atoms with Gasteiger partial charge in [0, 0.05) is 22.6 Å². The minimum Gasteiger partial charge on any atom is -0.497 e. The topological polar surface area (TPSA) is 55.4 Å². The molecule has 5 heteroatoms. The van der Waals surface area contributed by atoms with E-state index in [2.05, 4.69) is 5.32 Å². The van der Waals surface area contributed by atoms with Gasteiger partial charge in [0.1, 0.15) is 5.75 Å². The number of Topliss-reactive ketones (excluding diaryl/α,β-unsaturated/α-hetero) is 1. The molecule has 0 spiro atoms. The number of nitrogens with one attached hydrogen (secondary N) is 1. The second-order valence-electron chi connectivity index (χ2n) is 5.26. The molecule has 0 atom stereocenters. The van der Waals surface area contributed by atoms with Crippen molar-refractivity contribution in [3.05, 3.63) is 54.1 Å². The van der Waals surface area contributed by atoms with E-state index < -0.39 is 0 Å². The second-order valence-corrected chi connectivity index (χ2v) is 6.31. The Kier molecular flexibility index (Phi) is 6.88. The third-order valence-corrected chi connectivity index (χ3v) is 4.41. The number of ketones is 1. The van der Waals surface area contributed by atoms with Crippen LogP contribution in [0.5, 0.6) is 5.75 Å². The average Bonchev–Trinajstić information content (AvgIpc) is 2.61. The molecule has 0 aliphatic rings. The lowest BCUT2D eigenvalue weighted by Crippen LogP contribution is -2.10. The average molecular weight is 343 g/mol. The van der Waals surface area contributed by atoms with Gasteiger partial charge in [-0.2, -0.15) is 0 Å². The first-order chi connectivity index (χ1) is 11.6. The van der Waals surface area contributed by atoms with Crippen LogP contribution in [0, 0.1) is 0 Å². The number of anilines is 1. The normalized spacial score (nSPS) is 10.2. The van der Waals surface area contributed by atoms with Gasteiger partial charge in [-0.1, -0.05) is 6.92 Å². The molecule has 1 amide bonds. The number of hydrogen-bond donors (Lipinski definition) is 1. The molecule has 4 nitrogen and oxygen atoms in total. The van der Waals surface area contributed by atoms with Gasteiger partial charge in [0.25, 0.3) is 0 Å². The van der Waals surface area contributed by atoms with Crippen molar-refractivity contribution < 1.29 is 14.3 Å². The highest BCUT2D eigenvalue weighted by Crippen LogP contribution is 2.22. The van der Waals surface area contributed by atoms with Crippen LogP contribution in [-0.4, -0.2) is 24.6 Å². The van der Waals surface area contributed by atoms with Gasteiger partial charge in [0.2, 0.25) is 5.91 Å². The van der Waals surface area contributed by atoms with Crippen LogP contribution in [0.25, 0.3) is 0 Å². The fourth-order valence-electron chi connectivity index (χ4n) is 2.09. The van der Waals surface area contributed by atoms with E-state index in [1.54, 1.807) is 31.4 Å². The van der Waals surface area contributed by atoms with Crippen molar-refractivity contribution in [2.75, 3.05) is 18.2 Å². The molecule has 0 saturated carbocycles. The molecule has 0 aliphatic carbocycles. The Morgan fingerprint density at radius 2 is 1.71 bits per heavy atom. The van der Waals surface area contributed by atoms with Crippen LogP contribution in [0.4, 0.5) is 5.69 Å². The Hall–Kier alpha value is -2.27. The van der Waals surface area contributed by atoms with Gasteiger partial charge in [-0.3, -0.25) is 9.59 Å².